The molecular weight excluding hydrogens is 418 g/mol. The molecule has 33 heavy (non-hydrogen) atoms. The summed E-state index contributed by atoms with van der Waals surface area (Å²) in [5.74, 6) is -0.650. The summed E-state index contributed by atoms with van der Waals surface area (Å²) in [6.45, 7) is 1.57. The third-order valence-electron chi connectivity index (χ3n) is 8.03. The molecule has 2 saturated carbocycles. The molecule has 1 aromatic carbocycles. The van der Waals surface area contributed by atoms with Crippen molar-refractivity contribution < 1.29 is 23.9 Å². The number of imide groups is 1. The van der Waals surface area contributed by atoms with Crippen molar-refractivity contribution in [1.29, 1.82) is 0 Å². The largest absolute Gasteiger partial charge is 0.451 e. The molecule has 2 amide bonds. The first-order valence-electron chi connectivity index (χ1n) is 11.7. The lowest BCUT2D eigenvalue weighted by molar-refractivity contribution is -0.129. The molecule has 168 valence electrons. The minimum atomic E-state index is -0.895. The Morgan fingerprint density at radius 1 is 1.00 bits per heavy atom. The lowest BCUT2D eigenvalue weighted by Gasteiger charge is -2.37. The van der Waals surface area contributed by atoms with E-state index in [1.54, 1.807) is 25.1 Å². The zero-order valence-corrected chi connectivity index (χ0v) is 18.3. The monoisotopic (exact) mass is 443 g/mol. The zero-order valence-electron chi connectivity index (χ0n) is 18.3. The van der Waals surface area contributed by atoms with E-state index in [-0.39, 0.29) is 52.8 Å². The molecule has 1 saturated heterocycles. The highest BCUT2D eigenvalue weighted by atomic mass is 16.5. The first-order valence-corrected chi connectivity index (χ1v) is 11.7. The molecular formula is C27H25NO5. The molecule has 1 heterocycles. The van der Waals surface area contributed by atoms with Gasteiger partial charge < -0.3 is 4.74 Å². The molecule has 8 atom stereocenters. The van der Waals surface area contributed by atoms with Gasteiger partial charge in [-0.25, -0.2) is 9.69 Å². The number of allylic oxidation sites excluding steroid dienone is 6. The highest BCUT2D eigenvalue weighted by Crippen LogP contribution is 2.65. The fourth-order valence-corrected chi connectivity index (χ4v) is 6.36. The van der Waals surface area contributed by atoms with Gasteiger partial charge in [0.15, 0.2) is 11.9 Å². The van der Waals surface area contributed by atoms with Gasteiger partial charge in [0.1, 0.15) is 0 Å². The van der Waals surface area contributed by atoms with Crippen LogP contribution >= 0.6 is 0 Å². The zero-order chi connectivity index (χ0) is 22.9. The highest BCUT2D eigenvalue weighted by Gasteiger charge is 2.67. The van der Waals surface area contributed by atoms with Crippen molar-refractivity contribution in [2.24, 2.45) is 41.4 Å². The average Bonchev–Trinajstić information content (AvgIpc) is 3.62. The van der Waals surface area contributed by atoms with E-state index in [4.69, 9.17) is 4.74 Å². The van der Waals surface area contributed by atoms with Crippen molar-refractivity contribution in [1.82, 2.24) is 0 Å². The maximum absolute atomic E-state index is 13.3. The van der Waals surface area contributed by atoms with Gasteiger partial charge in [0.25, 0.3) is 0 Å². The Labute approximate surface area is 192 Å². The molecule has 0 radical (unpaired) electrons. The third-order valence-corrected chi connectivity index (χ3v) is 8.03. The van der Waals surface area contributed by atoms with Gasteiger partial charge in [-0.15, -0.1) is 0 Å². The Hall–Kier alpha value is -3.28. The smallest absolute Gasteiger partial charge is 0.338 e. The average molecular weight is 443 g/mol. The van der Waals surface area contributed by atoms with Crippen LogP contribution in [0.25, 0.3) is 0 Å². The predicted molar refractivity (Wildman–Crippen MR) is 120 cm³/mol. The number of Topliss-reactive ketones (excluding diaryl/α,β-unsaturated/α-hetero) is 1. The Morgan fingerprint density at radius 3 is 2.33 bits per heavy atom. The molecule has 7 rings (SSSR count). The third kappa shape index (κ3) is 3.07. The first kappa shape index (κ1) is 20.3. The van der Waals surface area contributed by atoms with Crippen LogP contribution in [-0.4, -0.2) is 29.7 Å². The molecule has 6 heteroatoms. The van der Waals surface area contributed by atoms with E-state index in [9.17, 15) is 19.2 Å². The number of carbonyl (C=O) groups is 4. The van der Waals surface area contributed by atoms with E-state index < -0.39 is 12.1 Å². The standard InChI is InChI=1S/C27H25NO5/c1-14(24(29)15-6-3-2-4-7-15)33-27(32)16-8-5-9-17(12-16)28-25(30)22-18-10-11-19(21-13-20(18)21)23(22)26(28)31/h2-6,8-12,14-15,18-23H,7,13H2,1H3/t14-,15+,18-,19-,20-,21+,22+,23+/m0/s1. The maximum Gasteiger partial charge on any atom is 0.338 e. The van der Waals surface area contributed by atoms with Gasteiger partial charge in [0.2, 0.25) is 11.8 Å². The lowest BCUT2D eigenvalue weighted by Crippen LogP contribution is -2.40. The molecule has 1 aliphatic heterocycles. The van der Waals surface area contributed by atoms with Crippen molar-refractivity contribution in [2.45, 2.75) is 25.9 Å². The molecule has 6 nitrogen and oxygen atoms in total. The fourth-order valence-electron chi connectivity index (χ4n) is 6.36. The normalized spacial score (nSPS) is 35.9. The SMILES string of the molecule is C[C@H](OC(=O)c1cccc(N2C(=O)[C@@H]3[C@H]4C=C[C@@H]([C@@H]5C[C@H]45)[C@H]3C2=O)c1)C(=O)[C@@H]1C=CC=CC1. The van der Waals surface area contributed by atoms with E-state index in [0.717, 1.165) is 6.42 Å². The minimum absolute atomic E-state index is 0.148. The summed E-state index contributed by atoms with van der Waals surface area (Å²) >= 11 is 0. The van der Waals surface area contributed by atoms with E-state index in [2.05, 4.69) is 12.2 Å². The van der Waals surface area contributed by atoms with Crippen molar-refractivity contribution in [2.75, 3.05) is 4.90 Å². The summed E-state index contributed by atoms with van der Waals surface area (Å²) in [6.07, 6.45) is 12.5. The van der Waals surface area contributed by atoms with Crippen LogP contribution in [0.4, 0.5) is 5.69 Å². The van der Waals surface area contributed by atoms with Crippen LogP contribution in [0.3, 0.4) is 0 Å². The molecule has 2 bridgehead atoms. The number of nitrogens with zero attached hydrogens (tertiary/aromatic N) is 1. The van der Waals surface area contributed by atoms with E-state index >= 15 is 0 Å². The van der Waals surface area contributed by atoms with Gasteiger partial charge in [0.05, 0.1) is 23.1 Å². The number of carbonyl (C=O) groups excluding carboxylic acids is 4. The Bertz CT molecular complexity index is 1130. The Morgan fingerprint density at radius 2 is 1.70 bits per heavy atom. The number of amides is 2. The van der Waals surface area contributed by atoms with Crippen molar-refractivity contribution >= 4 is 29.3 Å². The summed E-state index contributed by atoms with van der Waals surface area (Å²) in [5, 5.41) is 0. The number of esters is 1. The number of ketones is 1. The van der Waals surface area contributed by atoms with E-state index in [1.165, 1.54) is 11.0 Å². The molecule has 1 aromatic rings. The van der Waals surface area contributed by atoms with Gasteiger partial charge >= 0.3 is 5.97 Å². The maximum atomic E-state index is 13.3. The molecule has 6 aliphatic rings. The summed E-state index contributed by atoms with van der Waals surface area (Å²) in [7, 11) is 0. The second kappa shape index (κ2) is 7.37. The molecule has 5 aliphatic carbocycles. The van der Waals surface area contributed by atoms with Crippen LogP contribution in [0.1, 0.15) is 30.1 Å². The molecule has 0 aromatic heterocycles. The fraction of sp³-hybridized carbons (Fsp3) is 0.407. The molecule has 0 unspecified atom stereocenters. The van der Waals surface area contributed by atoms with Gasteiger partial charge in [-0.3, -0.25) is 14.4 Å². The summed E-state index contributed by atoms with van der Waals surface area (Å²) < 4.78 is 5.44. The highest BCUT2D eigenvalue weighted by molar-refractivity contribution is 6.23. The number of benzene rings is 1. The topological polar surface area (TPSA) is 80.8 Å². The summed E-state index contributed by atoms with van der Waals surface area (Å²) in [5.41, 5.74) is 0.604. The Kier molecular flexibility index (Phi) is 4.54. The Balaban J connectivity index is 1.20. The summed E-state index contributed by atoms with van der Waals surface area (Å²) in [4.78, 5) is 53.3. The van der Waals surface area contributed by atoms with Crippen LogP contribution in [0.15, 0.2) is 60.7 Å². The van der Waals surface area contributed by atoms with Crippen LogP contribution in [-0.2, 0) is 19.1 Å². The van der Waals surface area contributed by atoms with Crippen LogP contribution < -0.4 is 4.90 Å². The minimum Gasteiger partial charge on any atom is -0.451 e. The van der Waals surface area contributed by atoms with E-state index in [1.807, 2.05) is 24.3 Å². The van der Waals surface area contributed by atoms with Gasteiger partial charge in [-0.05, 0) is 61.6 Å². The second-order valence-corrected chi connectivity index (χ2v) is 9.82. The van der Waals surface area contributed by atoms with Gasteiger partial charge in [-0.1, -0.05) is 42.5 Å². The number of hydrogen-bond acceptors (Lipinski definition) is 5. The number of rotatable bonds is 5. The van der Waals surface area contributed by atoms with Gasteiger partial charge in [-0.2, -0.15) is 0 Å². The van der Waals surface area contributed by atoms with E-state index in [0.29, 0.717) is 23.9 Å². The van der Waals surface area contributed by atoms with Crippen molar-refractivity contribution in [3.8, 4) is 0 Å². The quantitative estimate of drug-likeness (QED) is 0.395. The number of ether oxygens (including phenoxy) is 1. The van der Waals surface area contributed by atoms with Crippen molar-refractivity contribution in [3.63, 3.8) is 0 Å². The molecule has 0 N–H and O–H groups in total. The second-order valence-electron chi connectivity index (χ2n) is 9.82. The molecule has 3 fully saturated rings. The van der Waals surface area contributed by atoms with Crippen molar-refractivity contribution in [3.05, 3.63) is 66.3 Å². The summed E-state index contributed by atoms with van der Waals surface area (Å²) in [6, 6.07) is 6.41. The predicted octanol–water partition coefficient (Wildman–Crippen LogP) is 3.49. The lowest BCUT2D eigenvalue weighted by atomic mass is 9.63. The number of anilines is 1. The van der Waals surface area contributed by atoms with Crippen LogP contribution in [0.5, 0.6) is 0 Å². The number of hydrogen-bond donors (Lipinski definition) is 0. The van der Waals surface area contributed by atoms with Crippen LogP contribution in [0, 0.1) is 41.4 Å². The van der Waals surface area contributed by atoms with Gasteiger partial charge in [0, 0.05) is 5.92 Å². The first-order chi connectivity index (χ1) is 16.0. The van der Waals surface area contributed by atoms with Crippen LogP contribution in [0.2, 0.25) is 0 Å². The molecule has 0 spiro atoms.